The average molecular weight is 214 g/mol. The van der Waals surface area contributed by atoms with E-state index in [1.807, 2.05) is 0 Å². The molecular formula is C12H22O3. The van der Waals surface area contributed by atoms with E-state index in [-0.39, 0.29) is 29.5 Å². The van der Waals surface area contributed by atoms with Gasteiger partial charge in [-0.25, -0.2) is 0 Å². The molecule has 1 aliphatic rings. The van der Waals surface area contributed by atoms with Crippen LogP contribution in [0.1, 0.15) is 40.5 Å². The minimum absolute atomic E-state index is 0.0817. The molecule has 3 nitrogen and oxygen atoms in total. The zero-order valence-electron chi connectivity index (χ0n) is 10.4. The highest BCUT2D eigenvalue weighted by Crippen LogP contribution is 2.36. The molecular weight excluding hydrogens is 192 g/mol. The molecule has 0 spiro atoms. The predicted molar refractivity (Wildman–Crippen MR) is 58.8 cm³/mol. The molecule has 0 aliphatic carbocycles. The summed E-state index contributed by atoms with van der Waals surface area (Å²) in [6.45, 7) is 8.11. The lowest BCUT2D eigenvalue weighted by molar-refractivity contribution is -0.118. The summed E-state index contributed by atoms with van der Waals surface area (Å²) in [6.07, 6.45) is 1.95. The number of ether oxygens (including phenoxy) is 2. The highest BCUT2D eigenvalue weighted by molar-refractivity contribution is 5.83. The Bertz CT molecular complexity index is 235. The molecule has 3 heteroatoms. The lowest BCUT2D eigenvalue weighted by Crippen LogP contribution is -2.32. The van der Waals surface area contributed by atoms with Crippen molar-refractivity contribution in [2.75, 3.05) is 7.11 Å². The first-order chi connectivity index (χ1) is 6.92. The van der Waals surface area contributed by atoms with Gasteiger partial charge in [0, 0.05) is 13.5 Å². The SMILES string of the molecule is CCC(C)(C)C(CC1OC1C(C)=O)OC. The van der Waals surface area contributed by atoms with Gasteiger partial charge in [-0.3, -0.25) is 4.79 Å². The number of rotatable bonds is 6. The van der Waals surface area contributed by atoms with Crippen LogP contribution in [0.5, 0.6) is 0 Å². The fourth-order valence-corrected chi connectivity index (χ4v) is 1.85. The molecule has 0 aromatic heterocycles. The van der Waals surface area contributed by atoms with Crippen molar-refractivity contribution in [1.29, 1.82) is 0 Å². The molecule has 1 saturated heterocycles. The minimum atomic E-state index is -0.171. The molecule has 15 heavy (non-hydrogen) atoms. The molecule has 88 valence electrons. The van der Waals surface area contributed by atoms with Crippen molar-refractivity contribution < 1.29 is 14.3 Å². The van der Waals surface area contributed by atoms with E-state index in [1.165, 1.54) is 0 Å². The van der Waals surface area contributed by atoms with Crippen molar-refractivity contribution >= 4 is 5.78 Å². The molecule has 1 fully saturated rings. The number of ketones is 1. The van der Waals surface area contributed by atoms with Gasteiger partial charge in [0.15, 0.2) is 5.78 Å². The number of carbonyl (C=O) groups excluding carboxylic acids is 1. The maximum absolute atomic E-state index is 11.0. The van der Waals surface area contributed by atoms with Gasteiger partial charge >= 0.3 is 0 Å². The minimum Gasteiger partial charge on any atom is -0.381 e. The first-order valence-electron chi connectivity index (χ1n) is 5.61. The van der Waals surface area contributed by atoms with Crippen molar-refractivity contribution in [1.82, 2.24) is 0 Å². The van der Waals surface area contributed by atoms with Gasteiger partial charge < -0.3 is 9.47 Å². The topological polar surface area (TPSA) is 38.8 Å². The summed E-state index contributed by atoms with van der Waals surface area (Å²) in [5, 5.41) is 0. The van der Waals surface area contributed by atoms with Crippen LogP contribution in [0, 0.1) is 5.41 Å². The lowest BCUT2D eigenvalue weighted by atomic mass is 9.81. The highest BCUT2D eigenvalue weighted by Gasteiger charge is 2.45. The molecule has 0 aromatic carbocycles. The molecule has 0 bridgehead atoms. The van der Waals surface area contributed by atoms with Crippen molar-refractivity contribution in [2.45, 2.75) is 58.8 Å². The third-order valence-corrected chi connectivity index (χ3v) is 3.50. The molecule has 1 aliphatic heterocycles. The largest absolute Gasteiger partial charge is 0.381 e. The van der Waals surface area contributed by atoms with E-state index in [2.05, 4.69) is 20.8 Å². The van der Waals surface area contributed by atoms with Gasteiger partial charge in [0.05, 0.1) is 12.2 Å². The van der Waals surface area contributed by atoms with E-state index < -0.39 is 0 Å². The molecule has 1 rings (SSSR count). The van der Waals surface area contributed by atoms with E-state index in [1.54, 1.807) is 14.0 Å². The smallest absolute Gasteiger partial charge is 0.161 e. The second kappa shape index (κ2) is 4.62. The predicted octanol–water partition coefficient (Wildman–Crippen LogP) is 2.18. The summed E-state index contributed by atoms with van der Waals surface area (Å²) in [5.41, 5.74) is 0.141. The van der Waals surface area contributed by atoms with Crippen LogP contribution in [0.3, 0.4) is 0 Å². The fourth-order valence-electron chi connectivity index (χ4n) is 1.85. The Morgan fingerprint density at radius 1 is 1.53 bits per heavy atom. The van der Waals surface area contributed by atoms with Gasteiger partial charge in [-0.2, -0.15) is 0 Å². The van der Waals surface area contributed by atoms with Crippen LogP contribution in [-0.2, 0) is 14.3 Å². The van der Waals surface area contributed by atoms with Crippen molar-refractivity contribution in [3.8, 4) is 0 Å². The van der Waals surface area contributed by atoms with Crippen molar-refractivity contribution in [3.05, 3.63) is 0 Å². The number of Topliss-reactive ketones (excluding diaryl/α,β-unsaturated/α-hetero) is 1. The summed E-state index contributed by atoms with van der Waals surface area (Å²) in [5.74, 6) is 0.129. The Labute approximate surface area is 92.1 Å². The van der Waals surface area contributed by atoms with Gasteiger partial charge in [0.2, 0.25) is 0 Å². The average Bonchev–Trinajstić information content (AvgIpc) is 2.93. The van der Waals surface area contributed by atoms with Crippen molar-refractivity contribution in [3.63, 3.8) is 0 Å². The second-order valence-electron chi connectivity index (χ2n) is 5.01. The Kier molecular flexibility index (Phi) is 3.90. The molecule has 3 atom stereocenters. The van der Waals surface area contributed by atoms with E-state index in [0.717, 1.165) is 12.8 Å². The molecule has 0 radical (unpaired) electrons. The Morgan fingerprint density at radius 3 is 2.47 bits per heavy atom. The lowest BCUT2D eigenvalue weighted by Gasteiger charge is -2.32. The van der Waals surface area contributed by atoms with Gasteiger partial charge in [-0.1, -0.05) is 20.8 Å². The second-order valence-corrected chi connectivity index (χ2v) is 5.01. The summed E-state index contributed by atoms with van der Waals surface area (Å²) < 4.78 is 10.8. The van der Waals surface area contributed by atoms with E-state index in [0.29, 0.717) is 0 Å². The Hall–Kier alpha value is -0.410. The standard InChI is InChI=1S/C12H22O3/c1-6-12(3,4)10(14-5)7-9-11(15-9)8(2)13/h9-11H,6-7H2,1-5H3. The zero-order valence-corrected chi connectivity index (χ0v) is 10.4. The van der Waals surface area contributed by atoms with Crippen LogP contribution in [0.15, 0.2) is 0 Å². The van der Waals surface area contributed by atoms with Gasteiger partial charge in [-0.05, 0) is 18.8 Å². The van der Waals surface area contributed by atoms with E-state index in [9.17, 15) is 4.79 Å². The number of hydrogen-bond donors (Lipinski definition) is 0. The monoisotopic (exact) mass is 214 g/mol. The Balaban J connectivity index is 2.46. The first kappa shape index (κ1) is 12.7. The molecule has 0 N–H and O–H groups in total. The van der Waals surface area contributed by atoms with Crippen LogP contribution in [0.2, 0.25) is 0 Å². The molecule has 0 amide bonds. The third-order valence-electron chi connectivity index (χ3n) is 3.50. The highest BCUT2D eigenvalue weighted by atomic mass is 16.6. The molecule has 1 heterocycles. The number of carbonyl (C=O) groups is 1. The number of epoxide rings is 1. The van der Waals surface area contributed by atoms with Crippen LogP contribution >= 0.6 is 0 Å². The normalized spacial score (nSPS) is 27.5. The quantitative estimate of drug-likeness (QED) is 0.636. The summed E-state index contributed by atoms with van der Waals surface area (Å²) in [7, 11) is 1.73. The van der Waals surface area contributed by atoms with Crippen LogP contribution in [0.4, 0.5) is 0 Å². The van der Waals surface area contributed by atoms with Gasteiger partial charge in [0.1, 0.15) is 6.10 Å². The van der Waals surface area contributed by atoms with Crippen molar-refractivity contribution in [2.24, 2.45) is 5.41 Å². The maximum atomic E-state index is 11.0. The fraction of sp³-hybridized carbons (Fsp3) is 0.917. The van der Waals surface area contributed by atoms with E-state index in [4.69, 9.17) is 9.47 Å². The summed E-state index contributed by atoms with van der Waals surface area (Å²) in [4.78, 5) is 11.0. The first-order valence-corrected chi connectivity index (χ1v) is 5.61. The van der Waals surface area contributed by atoms with Crippen LogP contribution < -0.4 is 0 Å². The molecule has 3 unspecified atom stereocenters. The van der Waals surface area contributed by atoms with Gasteiger partial charge in [0.25, 0.3) is 0 Å². The van der Waals surface area contributed by atoms with E-state index >= 15 is 0 Å². The number of methoxy groups -OCH3 is 1. The van der Waals surface area contributed by atoms with Gasteiger partial charge in [-0.15, -0.1) is 0 Å². The third kappa shape index (κ3) is 3.02. The van der Waals surface area contributed by atoms with Crippen LogP contribution in [-0.4, -0.2) is 31.2 Å². The molecule has 0 aromatic rings. The number of hydrogen-bond acceptors (Lipinski definition) is 3. The van der Waals surface area contributed by atoms with Crippen LogP contribution in [0.25, 0.3) is 0 Å². The molecule has 0 saturated carbocycles. The summed E-state index contributed by atoms with van der Waals surface area (Å²) >= 11 is 0. The maximum Gasteiger partial charge on any atom is 0.161 e. The summed E-state index contributed by atoms with van der Waals surface area (Å²) in [6, 6.07) is 0. The zero-order chi connectivity index (χ0) is 11.6. The Morgan fingerprint density at radius 2 is 2.13 bits per heavy atom.